The topological polar surface area (TPSA) is 0 Å². The maximum atomic E-state index is 5.36. The summed E-state index contributed by atoms with van der Waals surface area (Å²) in [6.45, 7) is 7.63. The summed E-state index contributed by atoms with van der Waals surface area (Å²) in [5.41, 5.74) is 0. The molecular weight excluding hydrogens is 132 g/mol. The lowest BCUT2D eigenvalue weighted by Crippen LogP contribution is -2.00. The summed E-state index contributed by atoms with van der Waals surface area (Å²) in [4.78, 5) is 0. The molecule has 2 atom stereocenters. The molecule has 0 aromatic heterocycles. The van der Waals surface area contributed by atoms with Crippen LogP contribution in [0.25, 0.3) is 0 Å². The van der Waals surface area contributed by atoms with Crippen LogP contribution >= 0.6 is 0 Å². The largest absolute Gasteiger partial charge is 0.0882 e. The fourth-order valence-corrected chi connectivity index (χ4v) is 1.74. The van der Waals surface area contributed by atoms with E-state index in [0.29, 0.717) is 0 Å². The Morgan fingerprint density at radius 1 is 1.73 bits per heavy atom. The minimum absolute atomic E-state index is 0.757. The van der Waals surface area contributed by atoms with E-state index in [2.05, 4.69) is 19.1 Å². The first-order valence-electron chi connectivity index (χ1n) is 4.53. The molecule has 0 amide bonds. The highest BCUT2D eigenvalue weighted by molar-refractivity contribution is 4.96. The van der Waals surface area contributed by atoms with Crippen LogP contribution in [0.4, 0.5) is 0 Å². The first kappa shape index (κ1) is 8.58. The molecule has 1 unspecified atom stereocenters. The molecule has 0 saturated carbocycles. The third-order valence-electron chi connectivity index (χ3n) is 2.36. The fraction of sp³-hybridized carbons (Fsp3) is 0.636. The third kappa shape index (κ3) is 2.92. The van der Waals surface area contributed by atoms with Gasteiger partial charge in [0.25, 0.3) is 0 Å². The zero-order valence-electron chi connectivity index (χ0n) is 7.29. The van der Waals surface area contributed by atoms with E-state index in [-0.39, 0.29) is 0 Å². The highest BCUT2D eigenvalue weighted by atomic mass is 14.2. The molecule has 1 radical (unpaired) electrons. The predicted octanol–water partition coefficient (Wildman–Crippen LogP) is 3.36. The van der Waals surface area contributed by atoms with Gasteiger partial charge in [0.05, 0.1) is 0 Å². The van der Waals surface area contributed by atoms with Gasteiger partial charge in [-0.1, -0.05) is 31.7 Å². The average molecular weight is 149 g/mol. The number of hydrogen-bond acceptors (Lipinski definition) is 0. The van der Waals surface area contributed by atoms with Gasteiger partial charge < -0.3 is 0 Å². The van der Waals surface area contributed by atoms with Gasteiger partial charge in [-0.3, -0.25) is 0 Å². The van der Waals surface area contributed by atoms with Crippen molar-refractivity contribution in [1.82, 2.24) is 0 Å². The van der Waals surface area contributed by atoms with Crippen molar-refractivity contribution in [3.8, 4) is 0 Å². The van der Waals surface area contributed by atoms with E-state index in [0.717, 1.165) is 18.3 Å². The molecule has 0 bridgehead atoms. The van der Waals surface area contributed by atoms with Crippen molar-refractivity contribution < 1.29 is 0 Å². The Hall–Kier alpha value is -0.520. The van der Waals surface area contributed by atoms with Crippen LogP contribution in [0.5, 0.6) is 0 Å². The van der Waals surface area contributed by atoms with E-state index in [9.17, 15) is 0 Å². The van der Waals surface area contributed by atoms with E-state index in [1.165, 1.54) is 19.3 Å². The second kappa shape index (κ2) is 4.38. The Labute approximate surface area is 70.0 Å². The van der Waals surface area contributed by atoms with E-state index in [1.807, 2.05) is 0 Å². The van der Waals surface area contributed by atoms with Gasteiger partial charge in [-0.2, -0.15) is 0 Å². The number of hydrogen-bond donors (Lipinski definition) is 0. The van der Waals surface area contributed by atoms with Crippen molar-refractivity contribution in [3.05, 3.63) is 24.8 Å². The SMILES string of the molecule is [CH]=CC[C@H](C)CC1C=CCC1. The highest BCUT2D eigenvalue weighted by Crippen LogP contribution is 2.25. The van der Waals surface area contributed by atoms with Gasteiger partial charge in [-0.15, -0.1) is 0 Å². The average Bonchev–Trinajstić information content (AvgIpc) is 2.40. The highest BCUT2D eigenvalue weighted by Gasteiger charge is 2.11. The minimum Gasteiger partial charge on any atom is -0.0882 e. The summed E-state index contributed by atoms with van der Waals surface area (Å²) in [6, 6.07) is 0. The van der Waals surface area contributed by atoms with Crippen molar-refractivity contribution in [1.29, 1.82) is 0 Å². The summed E-state index contributed by atoms with van der Waals surface area (Å²) in [6.07, 6.45) is 11.4. The molecule has 0 heterocycles. The van der Waals surface area contributed by atoms with Crippen LogP contribution in [0.1, 0.15) is 32.6 Å². The predicted molar refractivity (Wildman–Crippen MR) is 49.1 cm³/mol. The van der Waals surface area contributed by atoms with Crippen LogP contribution in [0, 0.1) is 18.4 Å². The molecule has 1 aliphatic carbocycles. The summed E-state index contributed by atoms with van der Waals surface area (Å²) >= 11 is 0. The van der Waals surface area contributed by atoms with Gasteiger partial charge in [-0.05, 0) is 37.5 Å². The molecule has 61 valence electrons. The van der Waals surface area contributed by atoms with Crippen LogP contribution in [0.15, 0.2) is 18.2 Å². The molecule has 0 N–H and O–H groups in total. The van der Waals surface area contributed by atoms with Crippen LogP contribution in [0.2, 0.25) is 0 Å². The van der Waals surface area contributed by atoms with Gasteiger partial charge >= 0.3 is 0 Å². The van der Waals surface area contributed by atoms with E-state index < -0.39 is 0 Å². The lowest BCUT2D eigenvalue weighted by Gasteiger charge is -2.12. The summed E-state index contributed by atoms with van der Waals surface area (Å²) in [7, 11) is 0. The molecule has 1 aliphatic rings. The first-order valence-corrected chi connectivity index (χ1v) is 4.53. The van der Waals surface area contributed by atoms with Crippen molar-refractivity contribution >= 4 is 0 Å². The standard InChI is InChI=1S/C11H17/c1-3-6-10(2)9-11-7-4-5-8-11/h1,3-4,7,10-11H,5-6,8-9H2,2H3/t10-,11?/m0/s1. The van der Waals surface area contributed by atoms with Crippen LogP contribution in [-0.4, -0.2) is 0 Å². The maximum absolute atomic E-state index is 5.36. The minimum atomic E-state index is 0.757. The second-order valence-electron chi connectivity index (χ2n) is 3.58. The molecule has 0 spiro atoms. The van der Waals surface area contributed by atoms with Crippen LogP contribution in [0.3, 0.4) is 0 Å². The van der Waals surface area contributed by atoms with Crippen LogP contribution < -0.4 is 0 Å². The maximum Gasteiger partial charge on any atom is -0.0228 e. The smallest absolute Gasteiger partial charge is 0.0228 e. The van der Waals surface area contributed by atoms with Gasteiger partial charge in [-0.25, -0.2) is 0 Å². The molecule has 0 nitrogen and oxygen atoms in total. The summed E-state index contributed by atoms with van der Waals surface area (Å²) < 4.78 is 0. The lowest BCUT2D eigenvalue weighted by molar-refractivity contribution is 0.444. The van der Waals surface area contributed by atoms with Crippen molar-refractivity contribution in [2.24, 2.45) is 11.8 Å². The van der Waals surface area contributed by atoms with Gasteiger partial charge in [0.1, 0.15) is 0 Å². The molecule has 0 saturated heterocycles. The normalized spacial score (nSPS) is 25.4. The quantitative estimate of drug-likeness (QED) is 0.538. The second-order valence-corrected chi connectivity index (χ2v) is 3.58. The van der Waals surface area contributed by atoms with Gasteiger partial charge in [0.2, 0.25) is 0 Å². The lowest BCUT2D eigenvalue weighted by atomic mass is 9.93. The van der Waals surface area contributed by atoms with Crippen LogP contribution in [-0.2, 0) is 0 Å². The third-order valence-corrected chi connectivity index (χ3v) is 2.36. The molecule has 0 heteroatoms. The van der Waals surface area contributed by atoms with Crippen molar-refractivity contribution in [2.75, 3.05) is 0 Å². The first-order chi connectivity index (χ1) is 5.33. The molecule has 0 aliphatic heterocycles. The summed E-state index contributed by atoms with van der Waals surface area (Å²) in [5.74, 6) is 1.60. The molecule has 0 aromatic carbocycles. The van der Waals surface area contributed by atoms with E-state index in [1.54, 1.807) is 6.08 Å². The number of rotatable bonds is 4. The van der Waals surface area contributed by atoms with Crippen molar-refractivity contribution in [3.63, 3.8) is 0 Å². The van der Waals surface area contributed by atoms with E-state index >= 15 is 0 Å². The van der Waals surface area contributed by atoms with E-state index in [4.69, 9.17) is 6.58 Å². The fourth-order valence-electron chi connectivity index (χ4n) is 1.74. The van der Waals surface area contributed by atoms with Gasteiger partial charge in [0.15, 0.2) is 0 Å². The Morgan fingerprint density at radius 3 is 3.09 bits per heavy atom. The molecule has 0 aromatic rings. The number of allylic oxidation sites excluding steroid dienone is 3. The molecule has 0 fully saturated rings. The zero-order valence-corrected chi connectivity index (χ0v) is 7.29. The molecular formula is C11H17. The Morgan fingerprint density at radius 2 is 2.55 bits per heavy atom. The Balaban J connectivity index is 2.18. The Bertz CT molecular complexity index is 144. The molecule has 11 heavy (non-hydrogen) atoms. The van der Waals surface area contributed by atoms with Gasteiger partial charge in [0, 0.05) is 0 Å². The zero-order chi connectivity index (χ0) is 8.10. The Kier molecular flexibility index (Phi) is 3.41. The monoisotopic (exact) mass is 149 g/mol. The van der Waals surface area contributed by atoms with Crippen molar-refractivity contribution in [2.45, 2.75) is 32.6 Å². The molecule has 1 rings (SSSR count). The summed E-state index contributed by atoms with van der Waals surface area (Å²) in [5, 5.41) is 0.